The number of thiazole rings is 1. The molecule has 0 spiro atoms. The number of hydrogen-bond donors (Lipinski definition) is 0. The van der Waals surface area contributed by atoms with Crippen molar-refractivity contribution in [1.82, 2.24) is 14.3 Å². The van der Waals surface area contributed by atoms with E-state index < -0.39 is 21.7 Å². The van der Waals surface area contributed by atoms with E-state index in [9.17, 15) is 18.0 Å². The highest BCUT2D eigenvalue weighted by Gasteiger charge is 2.17. The molecule has 0 aliphatic carbocycles. The van der Waals surface area contributed by atoms with Crippen LogP contribution in [0.4, 0.5) is 0 Å². The molecule has 0 aliphatic rings. The number of rotatable bonds is 6. The summed E-state index contributed by atoms with van der Waals surface area (Å²) < 4.78 is 32.6. The number of hydrogen-bond acceptors (Lipinski definition) is 7. The predicted molar refractivity (Wildman–Crippen MR) is 112 cm³/mol. The van der Waals surface area contributed by atoms with Crippen LogP contribution < -0.4 is 4.80 Å². The summed E-state index contributed by atoms with van der Waals surface area (Å²) in [6, 6.07) is 6.24. The zero-order valence-corrected chi connectivity index (χ0v) is 18.7. The van der Waals surface area contributed by atoms with Gasteiger partial charge >= 0.3 is 5.97 Å². The first-order valence-corrected chi connectivity index (χ1v) is 12.0. The van der Waals surface area contributed by atoms with Crippen molar-refractivity contribution in [2.45, 2.75) is 38.8 Å². The van der Waals surface area contributed by atoms with E-state index in [0.29, 0.717) is 28.1 Å². The monoisotopic (exact) mass is 450 g/mol. The lowest BCUT2D eigenvalue weighted by Gasteiger charge is -2.06. The van der Waals surface area contributed by atoms with Gasteiger partial charge in [0.15, 0.2) is 14.6 Å². The highest BCUT2D eigenvalue weighted by Crippen LogP contribution is 2.22. The van der Waals surface area contributed by atoms with Gasteiger partial charge in [-0.1, -0.05) is 11.3 Å². The molecule has 0 bridgehead atoms. The van der Waals surface area contributed by atoms with Gasteiger partial charge in [-0.2, -0.15) is 10.1 Å². The van der Waals surface area contributed by atoms with Crippen molar-refractivity contribution in [2.24, 2.45) is 4.99 Å². The van der Waals surface area contributed by atoms with Crippen LogP contribution in [0.2, 0.25) is 0 Å². The van der Waals surface area contributed by atoms with E-state index in [1.165, 1.54) is 12.1 Å². The lowest BCUT2D eigenvalue weighted by molar-refractivity contribution is -0.143. The van der Waals surface area contributed by atoms with Crippen molar-refractivity contribution in [3.05, 3.63) is 40.5 Å². The summed E-state index contributed by atoms with van der Waals surface area (Å²) in [5.41, 5.74) is 1.63. The summed E-state index contributed by atoms with van der Waals surface area (Å²) >= 11 is 1.13. The van der Waals surface area contributed by atoms with Crippen LogP contribution in [-0.4, -0.2) is 47.5 Å². The topological polar surface area (TPSA) is 113 Å². The number of carbonyl (C=O) groups excluding carboxylic acids is 2. The van der Waals surface area contributed by atoms with Crippen LogP contribution in [0.15, 0.2) is 34.2 Å². The molecule has 0 N–H and O–H groups in total. The Morgan fingerprint density at radius 3 is 2.60 bits per heavy atom. The van der Waals surface area contributed by atoms with E-state index in [2.05, 4.69) is 10.1 Å². The van der Waals surface area contributed by atoms with Crippen molar-refractivity contribution in [1.29, 1.82) is 0 Å². The van der Waals surface area contributed by atoms with Crippen molar-refractivity contribution in [3.63, 3.8) is 0 Å². The Morgan fingerprint density at radius 1 is 1.23 bits per heavy atom. The summed E-state index contributed by atoms with van der Waals surface area (Å²) in [6.45, 7) is 5.95. The molecule has 0 fully saturated rings. The molecule has 160 valence electrons. The molecule has 0 unspecified atom stereocenters. The van der Waals surface area contributed by atoms with Gasteiger partial charge in [0.1, 0.15) is 12.2 Å². The van der Waals surface area contributed by atoms with Crippen LogP contribution in [0.25, 0.3) is 10.2 Å². The van der Waals surface area contributed by atoms with E-state index >= 15 is 0 Å². The smallest absolute Gasteiger partial charge is 0.326 e. The zero-order chi connectivity index (χ0) is 22.1. The molecule has 3 aromatic rings. The summed E-state index contributed by atoms with van der Waals surface area (Å²) in [7, 11) is -3.41. The molecule has 9 nitrogen and oxygen atoms in total. The van der Waals surface area contributed by atoms with Crippen LogP contribution in [0, 0.1) is 6.92 Å². The quantitative estimate of drug-likeness (QED) is 0.531. The average Bonchev–Trinajstić information content (AvgIpc) is 3.21. The lowest BCUT2D eigenvalue weighted by Crippen LogP contribution is -2.23. The van der Waals surface area contributed by atoms with Gasteiger partial charge in [-0.15, -0.1) is 0 Å². The van der Waals surface area contributed by atoms with Crippen molar-refractivity contribution in [3.8, 4) is 0 Å². The number of carbonyl (C=O) groups is 2. The number of amides is 1. The van der Waals surface area contributed by atoms with E-state index in [1.54, 1.807) is 35.2 Å². The molecule has 2 aromatic heterocycles. The molecule has 1 aromatic carbocycles. The molecule has 0 aliphatic heterocycles. The molecule has 0 saturated carbocycles. The molecule has 0 radical (unpaired) electrons. The second-order valence-electron chi connectivity index (χ2n) is 6.58. The Bertz CT molecular complexity index is 1300. The first kappa shape index (κ1) is 21.9. The van der Waals surface area contributed by atoms with E-state index in [1.807, 2.05) is 6.92 Å². The number of benzene rings is 1. The predicted octanol–water partition coefficient (Wildman–Crippen LogP) is 1.94. The SMILES string of the molecule is CCOC(=O)Cn1c(=NC(=O)c2cc(C)nn2CC)sc2cc(S(C)(=O)=O)ccc21. The average molecular weight is 451 g/mol. The second-order valence-corrected chi connectivity index (χ2v) is 9.61. The van der Waals surface area contributed by atoms with Gasteiger partial charge < -0.3 is 9.30 Å². The number of aromatic nitrogens is 3. The van der Waals surface area contributed by atoms with Gasteiger partial charge in [-0.3, -0.25) is 14.3 Å². The Kier molecular flexibility index (Phi) is 6.22. The van der Waals surface area contributed by atoms with Gasteiger partial charge in [0.05, 0.1) is 27.4 Å². The molecule has 1 amide bonds. The van der Waals surface area contributed by atoms with Crippen LogP contribution in [0.5, 0.6) is 0 Å². The first-order valence-electron chi connectivity index (χ1n) is 9.26. The number of esters is 1. The number of sulfone groups is 1. The Labute approximate surface area is 177 Å². The summed E-state index contributed by atoms with van der Waals surface area (Å²) in [4.78, 5) is 29.6. The first-order chi connectivity index (χ1) is 14.1. The van der Waals surface area contributed by atoms with Crippen LogP contribution in [-0.2, 0) is 32.5 Å². The molecule has 0 saturated heterocycles. The lowest BCUT2D eigenvalue weighted by atomic mass is 10.3. The Hall–Kier alpha value is -2.79. The maximum Gasteiger partial charge on any atom is 0.326 e. The van der Waals surface area contributed by atoms with Crippen LogP contribution in [0.1, 0.15) is 30.0 Å². The van der Waals surface area contributed by atoms with Crippen molar-refractivity contribution in [2.75, 3.05) is 12.9 Å². The highest BCUT2D eigenvalue weighted by molar-refractivity contribution is 7.90. The standard InChI is InChI=1S/C19H22N4O5S2/c1-5-23-15(9-12(3)21-23)18(25)20-19-22(11-17(24)28-6-2)14-8-7-13(30(4,26)27)10-16(14)29-19/h7-10H,5-6,11H2,1-4H3. The van der Waals surface area contributed by atoms with E-state index in [0.717, 1.165) is 17.6 Å². The number of ether oxygens (including phenoxy) is 1. The van der Waals surface area contributed by atoms with Gasteiger partial charge in [0.2, 0.25) is 0 Å². The van der Waals surface area contributed by atoms with Gasteiger partial charge in [-0.25, -0.2) is 8.42 Å². The number of nitrogens with zero attached hydrogens (tertiary/aromatic N) is 4. The third kappa shape index (κ3) is 4.51. The van der Waals surface area contributed by atoms with Gasteiger partial charge in [0.25, 0.3) is 5.91 Å². The highest BCUT2D eigenvalue weighted by atomic mass is 32.2. The summed E-state index contributed by atoms with van der Waals surface area (Å²) in [5.74, 6) is -0.974. The van der Waals surface area contributed by atoms with E-state index in [4.69, 9.17) is 4.74 Å². The molecule has 3 rings (SSSR count). The minimum atomic E-state index is -3.41. The largest absolute Gasteiger partial charge is 0.465 e. The third-order valence-electron chi connectivity index (χ3n) is 4.29. The maximum atomic E-state index is 12.8. The minimum absolute atomic E-state index is 0.149. The maximum absolute atomic E-state index is 12.8. The number of fused-ring (bicyclic) bond motifs is 1. The molecular formula is C19H22N4O5S2. The van der Waals surface area contributed by atoms with Crippen molar-refractivity contribution < 1.29 is 22.7 Å². The van der Waals surface area contributed by atoms with Gasteiger partial charge in [-0.05, 0) is 45.0 Å². The molecule has 11 heteroatoms. The van der Waals surface area contributed by atoms with Crippen LogP contribution in [0.3, 0.4) is 0 Å². The normalized spacial score (nSPS) is 12.5. The van der Waals surface area contributed by atoms with Gasteiger partial charge in [0, 0.05) is 12.8 Å². The fraction of sp³-hybridized carbons (Fsp3) is 0.368. The Balaban J connectivity index is 2.18. The molecule has 30 heavy (non-hydrogen) atoms. The second kappa shape index (κ2) is 8.52. The van der Waals surface area contributed by atoms with Crippen molar-refractivity contribution >= 4 is 43.3 Å². The molecule has 0 atom stereocenters. The van der Waals surface area contributed by atoms with Crippen LogP contribution >= 0.6 is 11.3 Å². The molecular weight excluding hydrogens is 428 g/mol. The van der Waals surface area contributed by atoms with E-state index in [-0.39, 0.29) is 22.8 Å². The third-order valence-corrected chi connectivity index (χ3v) is 6.44. The fourth-order valence-electron chi connectivity index (χ4n) is 2.96. The minimum Gasteiger partial charge on any atom is -0.465 e. The molecule has 2 heterocycles. The zero-order valence-electron chi connectivity index (χ0n) is 17.1. The number of aryl methyl sites for hydroxylation is 2. The summed E-state index contributed by atoms with van der Waals surface area (Å²) in [5, 5.41) is 4.26. The summed E-state index contributed by atoms with van der Waals surface area (Å²) in [6.07, 6.45) is 1.12. The fourth-order valence-corrected chi connectivity index (χ4v) is 4.75. The Morgan fingerprint density at radius 2 is 1.97 bits per heavy atom.